The third-order valence-electron chi connectivity index (χ3n) is 20.4. The molecule has 564 valence electrons. The van der Waals surface area contributed by atoms with Gasteiger partial charge in [0, 0.05) is 130 Å². The fourth-order valence-corrected chi connectivity index (χ4v) is 18.4. The van der Waals surface area contributed by atoms with Crippen molar-refractivity contribution in [2.24, 2.45) is 10.8 Å². The van der Waals surface area contributed by atoms with Crippen LogP contribution in [0.25, 0.3) is 16.0 Å². The lowest BCUT2D eigenvalue weighted by Crippen LogP contribution is -2.59. The van der Waals surface area contributed by atoms with E-state index in [9.17, 15) is 59.1 Å². The van der Waals surface area contributed by atoms with Gasteiger partial charge in [-0.25, -0.2) is 26.5 Å². The van der Waals surface area contributed by atoms with Crippen molar-refractivity contribution >= 4 is 101 Å². The molecule has 5 aliphatic rings. The van der Waals surface area contributed by atoms with Crippen LogP contribution in [0.15, 0.2) is 147 Å². The van der Waals surface area contributed by atoms with Crippen LogP contribution in [-0.4, -0.2) is 197 Å². The van der Waals surface area contributed by atoms with E-state index < -0.39 is 88.2 Å². The SMILES string of the molecule is Cc1ncsc1-c1ccc([C@H](C)NC(=O)[C@@H]2C[C@@H](O)CN2C(=O)[C@@H](NC(=O)CCCCC(=O)N2CC3(CCC(c4ccc(Cl)cc4)=C(CN4CCN(c5ccc(C(=O)NS(=O)(=O)c6ccc(N[C@H](CCN7CCOCC7)CSc7ccccc7)c(S(=O)(=O)C(F)(F)F)c6)cc5)CC4)C3)C2)C(C)(C)C)cc1. The van der Waals surface area contributed by atoms with Gasteiger partial charge < -0.3 is 40.5 Å². The molecule has 21 nitrogen and oxygen atoms in total. The number of carbonyl (C=O) groups excluding carboxylic acids is 5. The molecule has 11 rings (SSSR count). The van der Waals surface area contributed by atoms with Crippen molar-refractivity contribution in [1.82, 2.24) is 39.9 Å². The van der Waals surface area contributed by atoms with Crippen LogP contribution in [0.5, 0.6) is 0 Å². The van der Waals surface area contributed by atoms with E-state index in [0.717, 1.165) is 69.2 Å². The molecule has 29 heteroatoms. The summed E-state index contributed by atoms with van der Waals surface area (Å²) in [6.45, 7) is 16.7. The Morgan fingerprint density at radius 3 is 2.15 bits per heavy atom. The molecule has 6 aromatic rings. The molecule has 5 amide bonds. The maximum absolute atomic E-state index is 14.4. The van der Waals surface area contributed by atoms with E-state index in [1.165, 1.54) is 39.9 Å². The summed E-state index contributed by atoms with van der Waals surface area (Å²) in [5, 5.41) is 20.4. The van der Waals surface area contributed by atoms with Crippen molar-refractivity contribution in [3.63, 3.8) is 0 Å². The predicted octanol–water partition coefficient (Wildman–Crippen LogP) is 11.0. The Bertz CT molecular complexity index is 4340. The Morgan fingerprint density at radius 1 is 0.819 bits per heavy atom. The normalized spacial score (nSPS) is 19.2. The molecule has 4 fully saturated rings. The first-order valence-electron chi connectivity index (χ1n) is 35.6. The molecule has 5 heterocycles. The number of piperazine rings is 1. The highest BCUT2D eigenvalue weighted by Crippen LogP contribution is 2.49. The smallest absolute Gasteiger partial charge is 0.391 e. The quantitative estimate of drug-likeness (QED) is 0.0237. The highest BCUT2D eigenvalue weighted by atomic mass is 35.5. The third kappa shape index (κ3) is 19.7. The number of amides is 5. The lowest BCUT2D eigenvalue weighted by molar-refractivity contribution is -0.144. The van der Waals surface area contributed by atoms with Crippen molar-refractivity contribution in [1.29, 1.82) is 0 Å². The summed E-state index contributed by atoms with van der Waals surface area (Å²) >= 11 is 9.35. The van der Waals surface area contributed by atoms with E-state index in [0.29, 0.717) is 115 Å². The second-order valence-corrected chi connectivity index (χ2v) is 35.1. The highest BCUT2D eigenvalue weighted by molar-refractivity contribution is 7.99. The van der Waals surface area contributed by atoms with Crippen molar-refractivity contribution in [3.8, 4) is 10.4 Å². The van der Waals surface area contributed by atoms with Crippen LogP contribution in [0, 0.1) is 17.8 Å². The highest BCUT2D eigenvalue weighted by Gasteiger charge is 2.50. The number of aryl methyl sites for hydroxylation is 1. The lowest BCUT2D eigenvalue weighted by Gasteiger charge is -2.53. The van der Waals surface area contributed by atoms with Gasteiger partial charge in [-0.1, -0.05) is 92.5 Å². The second kappa shape index (κ2) is 33.8. The number of thioether (sulfide) groups is 1. The number of sulfonamides is 1. The van der Waals surface area contributed by atoms with Crippen LogP contribution in [0.2, 0.25) is 5.02 Å². The number of rotatable bonds is 27. The average Bonchev–Trinajstić information content (AvgIpc) is 1.41. The molecular weight excluding hydrogens is 1450 g/mol. The molecule has 1 aromatic heterocycles. The topological polar surface area (TPSA) is 260 Å². The maximum atomic E-state index is 14.4. The molecule has 4 saturated heterocycles. The molecule has 4 aliphatic heterocycles. The van der Waals surface area contributed by atoms with Gasteiger partial charge in [-0.15, -0.1) is 23.1 Å². The first kappa shape index (κ1) is 78.7. The van der Waals surface area contributed by atoms with Crippen molar-refractivity contribution in [2.45, 2.75) is 143 Å². The number of likely N-dealkylation sites (tertiary alicyclic amines) is 2. The zero-order valence-corrected chi connectivity index (χ0v) is 63.7. The number of morpholine rings is 1. The number of benzene rings is 5. The van der Waals surface area contributed by atoms with Crippen molar-refractivity contribution in [3.05, 3.63) is 160 Å². The second-order valence-electron chi connectivity index (χ2n) is 29.2. The average molecular weight is 1540 g/mol. The van der Waals surface area contributed by atoms with E-state index in [1.54, 1.807) is 29.0 Å². The monoisotopic (exact) mass is 1540 g/mol. The number of ether oxygens (including phenoxy) is 1. The number of aliphatic hydroxyl groups is 1. The van der Waals surface area contributed by atoms with Crippen LogP contribution >= 0.6 is 34.7 Å². The number of anilines is 2. The molecule has 5 aromatic carbocycles. The van der Waals surface area contributed by atoms with Gasteiger partial charge in [-0.3, -0.25) is 33.8 Å². The summed E-state index contributed by atoms with van der Waals surface area (Å²) in [6, 6.07) is 30.9. The van der Waals surface area contributed by atoms with Gasteiger partial charge >= 0.3 is 5.51 Å². The van der Waals surface area contributed by atoms with E-state index in [4.69, 9.17) is 16.3 Å². The number of allylic oxidation sites excluding steroid dienone is 1. The van der Waals surface area contributed by atoms with Gasteiger partial charge in [-0.05, 0) is 147 Å². The van der Waals surface area contributed by atoms with Gasteiger partial charge in [0.2, 0.25) is 23.6 Å². The first-order chi connectivity index (χ1) is 49.9. The molecule has 105 heavy (non-hydrogen) atoms. The van der Waals surface area contributed by atoms with Gasteiger partial charge in [0.1, 0.15) is 17.0 Å². The Balaban J connectivity index is 0.653. The molecule has 0 unspecified atom stereocenters. The summed E-state index contributed by atoms with van der Waals surface area (Å²) in [5.74, 6) is -1.91. The number of unbranched alkanes of at least 4 members (excludes halogenated alkanes) is 1. The Labute approximate surface area is 626 Å². The zero-order valence-electron chi connectivity index (χ0n) is 59.6. The van der Waals surface area contributed by atoms with Gasteiger partial charge in [0.25, 0.3) is 25.8 Å². The minimum absolute atomic E-state index is 0.0197. The van der Waals surface area contributed by atoms with Crippen LogP contribution in [0.1, 0.15) is 119 Å². The number of sulfone groups is 1. The van der Waals surface area contributed by atoms with Gasteiger partial charge in [0.05, 0.1) is 52.0 Å². The maximum Gasteiger partial charge on any atom is 0.501 e. The summed E-state index contributed by atoms with van der Waals surface area (Å²) in [4.78, 5) is 83.4. The molecule has 1 aliphatic carbocycles. The minimum Gasteiger partial charge on any atom is -0.391 e. The standard InChI is InChI=1S/C76H92ClF3N10O11S4/c1-50(52-15-17-54(18-16-52)69-51(2)81-49-103-69)82-72(95)65-41-60(91)45-90(65)73(96)70(74(3,4)5)84-67(92)13-9-10-14-68(93)89-47-75(48-89)31-29-63(53-19-23-57(77)24-20-53)56(43-75)44-87-33-35-88(36-34-87)59-25-21-55(22-26-59)71(94)85-105(99,100)62-27-28-64(66(42-62)104(97,98)76(78,79)80)83-58(30-32-86-37-39-101-40-38-86)46-102-61-11-7-6-8-12-61/h6-8,11-12,15-28,42,49-50,58,60,65,70,83,91H,9-10,13-14,29-41,43-48H2,1-5H3,(H,82,95)(H,84,92)(H,85,94)/t50-,58+,60+,65-,70+/m0/s1. The summed E-state index contributed by atoms with van der Waals surface area (Å²) in [6.07, 6.45) is 3.31. The van der Waals surface area contributed by atoms with Crippen LogP contribution in [0.3, 0.4) is 0 Å². The number of aromatic nitrogens is 1. The molecule has 5 N–H and O–H groups in total. The Kier molecular flexibility index (Phi) is 25.3. The fourth-order valence-electron chi connectivity index (χ4n) is 14.5. The summed E-state index contributed by atoms with van der Waals surface area (Å²) < 4.78 is 105. The number of hydrogen-bond acceptors (Lipinski definition) is 18. The number of carbonyl (C=O) groups is 5. The van der Waals surface area contributed by atoms with Crippen LogP contribution < -0.4 is 25.6 Å². The van der Waals surface area contributed by atoms with Crippen molar-refractivity contribution < 1.29 is 63.8 Å². The Morgan fingerprint density at radius 2 is 1.50 bits per heavy atom. The number of thiazole rings is 1. The van der Waals surface area contributed by atoms with Crippen LogP contribution in [-0.2, 0) is 43.8 Å². The molecule has 0 bridgehead atoms. The lowest BCUT2D eigenvalue weighted by atomic mass is 9.65. The predicted molar refractivity (Wildman–Crippen MR) is 402 cm³/mol. The van der Waals surface area contributed by atoms with E-state index in [1.807, 2.05) is 123 Å². The largest absolute Gasteiger partial charge is 0.501 e. The number of halogens is 4. The number of nitrogens with zero attached hydrogens (tertiary/aromatic N) is 6. The fraction of sp³-hybridized carbons (Fsp3) is 0.474. The van der Waals surface area contributed by atoms with Crippen molar-refractivity contribution in [2.75, 3.05) is 101 Å². The van der Waals surface area contributed by atoms with E-state index in [-0.39, 0.29) is 54.6 Å². The molecule has 5 atom stereocenters. The number of alkyl halides is 3. The van der Waals surface area contributed by atoms with E-state index >= 15 is 0 Å². The molecular formula is C76H92ClF3N10O11S4. The summed E-state index contributed by atoms with van der Waals surface area (Å²) in [5.41, 5.74) is 1.96. The molecule has 0 radical (unpaired) electrons. The Hall–Kier alpha value is -7.41. The number of hydrogen-bond donors (Lipinski definition) is 5. The summed E-state index contributed by atoms with van der Waals surface area (Å²) in [7, 11) is -11.0. The number of nitrogens with one attached hydrogen (secondary N) is 4. The van der Waals surface area contributed by atoms with Gasteiger partial charge in [-0.2, -0.15) is 13.2 Å². The first-order valence-corrected chi connectivity index (χ1v) is 40.8. The number of aliphatic hydroxyl groups excluding tert-OH is 1. The molecule has 1 spiro atoms. The number of β-amino-alcohol motifs (C(OH)–C–C–N with tert-alkyl or cyclic N) is 1. The van der Waals surface area contributed by atoms with Crippen LogP contribution in [0.4, 0.5) is 24.5 Å². The van der Waals surface area contributed by atoms with Gasteiger partial charge in [0.15, 0.2) is 0 Å². The minimum atomic E-state index is -6.12. The van der Waals surface area contributed by atoms with E-state index in [2.05, 4.69) is 35.6 Å². The zero-order chi connectivity index (χ0) is 75.0. The molecule has 0 saturated carbocycles. The third-order valence-corrected chi connectivity index (χ3v) is 25.7.